The second-order valence-electron chi connectivity index (χ2n) is 6.37. The number of ketones is 1. The summed E-state index contributed by atoms with van der Waals surface area (Å²) in [5.41, 5.74) is 3.28. The highest BCUT2D eigenvalue weighted by Crippen LogP contribution is 2.23. The highest BCUT2D eigenvalue weighted by molar-refractivity contribution is 7.99. The molecule has 28 heavy (non-hydrogen) atoms. The maximum absolute atomic E-state index is 12.2. The van der Waals surface area contributed by atoms with E-state index >= 15 is 0 Å². The molecule has 0 atom stereocenters. The summed E-state index contributed by atoms with van der Waals surface area (Å²) < 4.78 is 1.96. The molecular weight excluding hydrogens is 372 g/mol. The van der Waals surface area contributed by atoms with Gasteiger partial charge in [0.15, 0.2) is 10.9 Å². The van der Waals surface area contributed by atoms with E-state index in [1.807, 2.05) is 35.8 Å². The summed E-state index contributed by atoms with van der Waals surface area (Å²) in [5, 5.41) is 11.8. The van der Waals surface area contributed by atoms with Gasteiger partial charge < -0.3 is 5.32 Å². The number of nitrogens with one attached hydrogen (secondary N) is 1. The molecule has 0 saturated carbocycles. The lowest BCUT2D eigenvalue weighted by atomic mass is 10.1. The number of Topliss-reactive ketones (excluding diaryl/α,β-unsaturated/α-hetero) is 1. The number of benzene rings is 2. The van der Waals surface area contributed by atoms with Gasteiger partial charge in [0, 0.05) is 17.7 Å². The number of nitrogens with zero attached hydrogens (tertiary/aromatic N) is 3. The molecule has 144 valence electrons. The van der Waals surface area contributed by atoms with Crippen LogP contribution in [0.1, 0.15) is 35.7 Å². The highest BCUT2D eigenvalue weighted by atomic mass is 32.2. The first-order chi connectivity index (χ1) is 13.6. The van der Waals surface area contributed by atoms with Crippen LogP contribution in [0.4, 0.5) is 5.69 Å². The maximum Gasteiger partial charge on any atom is 0.224 e. The molecule has 0 saturated heterocycles. The maximum atomic E-state index is 12.2. The van der Waals surface area contributed by atoms with Gasteiger partial charge in [0.05, 0.1) is 11.4 Å². The minimum atomic E-state index is -0.102. The number of aryl methyl sites for hydroxylation is 1. The number of hydrogen-bond acceptors (Lipinski definition) is 5. The predicted molar refractivity (Wildman–Crippen MR) is 111 cm³/mol. The van der Waals surface area contributed by atoms with Crippen molar-refractivity contribution in [1.82, 2.24) is 14.8 Å². The van der Waals surface area contributed by atoms with Crippen molar-refractivity contribution in [3.05, 3.63) is 66.0 Å². The molecule has 0 unspecified atom stereocenters. The first-order valence-corrected chi connectivity index (χ1v) is 10.0. The van der Waals surface area contributed by atoms with Gasteiger partial charge in [-0.05, 0) is 44.0 Å². The van der Waals surface area contributed by atoms with Crippen molar-refractivity contribution in [3.8, 4) is 5.69 Å². The normalized spacial score (nSPS) is 10.6. The number of carbonyl (C=O) groups is 2. The Morgan fingerprint density at radius 1 is 1.11 bits per heavy atom. The number of para-hydroxylation sites is 2. The van der Waals surface area contributed by atoms with Gasteiger partial charge in [-0.1, -0.05) is 42.1 Å². The molecule has 0 spiro atoms. The third-order valence-corrected chi connectivity index (χ3v) is 5.28. The molecule has 1 N–H and O–H groups in total. The molecule has 3 rings (SSSR count). The fourth-order valence-electron chi connectivity index (χ4n) is 2.83. The van der Waals surface area contributed by atoms with E-state index in [-0.39, 0.29) is 11.7 Å². The van der Waals surface area contributed by atoms with Crippen molar-refractivity contribution >= 4 is 29.1 Å². The second kappa shape index (κ2) is 9.32. The minimum absolute atomic E-state index is 0.0676. The Bertz CT molecular complexity index is 984. The van der Waals surface area contributed by atoms with Crippen LogP contribution in [0.3, 0.4) is 0 Å². The standard InChI is InChI=1S/C21H22N4O2S/c1-15-8-3-6-11-19(15)25-14-22-24-21(25)28-13-7-12-20(27)23-18-10-5-4-9-17(18)16(2)26/h3-6,8-11,14H,7,12-13H2,1-2H3,(H,23,27). The Morgan fingerprint density at radius 3 is 2.64 bits per heavy atom. The zero-order valence-corrected chi connectivity index (χ0v) is 16.7. The van der Waals surface area contributed by atoms with Gasteiger partial charge in [-0.25, -0.2) is 0 Å². The highest BCUT2D eigenvalue weighted by Gasteiger charge is 2.11. The molecule has 1 aromatic heterocycles. The van der Waals surface area contributed by atoms with Crippen LogP contribution in [-0.2, 0) is 4.79 Å². The van der Waals surface area contributed by atoms with E-state index in [0.29, 0.717) is 24.1 Å². The van der Waals surface area contributed by atoms with Crippen molar-refractivity contribution in [2.24, 2.45) is 0 Å². The molecule has 2 aromatic carbocycles. The molecule has 6 nitrogen and oxygen atoms in total. The lowest BCUT2D eigenvalue weighted by Crippen LogP contribution is -2.14. The van der Waals surface area contributed by atoms with Crippen LogP contribution >= 0.6 is 11.8 Å². The van der Waals surface area contributed by atoms with Crippen LogP contribution in [0, 0.1) is 6.92 Å². The van der Waals surface area contributed by atoms with Crippen LogP contribution in [0.15, 0.2) is 60.0 Å². The molecular formula is C21H22N4O2S. The summed E-state index contributed by atoms with van der Waals surface area (Å²) in [5.74, 6) is 0.573. The predicted octanol–water partition coefficient (Wildman–Crippen LogP) is 4.29. The summed E-state index contributed by atoms with van der Waals surface area (Å²) in [6.45, 7) is 3.54. The zero-order valence-electron chi connectivity index (χ0n) is 15.9. The van der Waals surface area contributed by atoms with E-state index < -0.39 is 0 Å². The third kappa shape index (κ3) is 4.86. The number of hydrogen-bond donors (Lipinski definition) is 1. The number of aromatic nitrogens is 3. The molecule has 0 fully saturated rings. The molecule has 0 aliphatic rings. The summed E-state index contributed by atoms with van der Waals surface area (Å²) in [6.07, 6.45) is 2.77. The van der Waals surface area contributed by atoms with Crippen LogP contribution in [0.25, 0.3) is 5.69 Å². The number of anilines is 1. The summed E-state index contributed by atoms with van der Waals surface area (Å²) in [4.78, 5) is 23.9. The summed E-state index contributed by atoms with van der Waals surface area (Å²) in [6, 6.07) is 15.1. The number of thioether (sulfide) groups is 1. The largest absolute Gasteiger partial charge is 0.325 e. The van der Waals surface area contributed by atoms with Gasteiger partial charge in [0.2, 0.25) is 5.91 Å². The van der Waals surface area contributed by atoms with Crippen LogP contribution in [0.2, 0.25) is 0 Å². The van der Waals surface area contributed by atoms with E-state index in [2.05, 4.69) is 15.5 Å². The molecule has 7 heteroatoms. The Morgan fingerprint density at radius 2 is 1.86 bits per heavy atom. The van der Waals surface area contributed by atoms with E-state index in [0.717, 1.165) is 22.2 Å². The molecule has 0 bridgehead atoms. The Hall–Kier alpha value is -2.93. The average molecular weight is 394 g/mol. The molecule has 3 aromatic rings. The third-order valence-electron chi connectivity index (χ3n) is 4.25. The van der Waals surface area contributed by atoms with E-state index in [1.165, 1.54) is 6.92 Å². The minimum Gasteiger partial charge on any atom is -0.325 e. The molecule has 1 amide bonds. The van der Waals surface area contributed by atoms with E-state index in [9.17, 15) is 9.59 Å². The summed E-state index contributed by atoms with van der Waals surface area (Å²) >= 11 is 1.57. The summed E-state index contributed by atoms with van der Waals surface area (Å²) in [7, 11) is 0. The van der Waals surface area contributed by atoms with Crippen molar-refractivity contribution in [3.63, 3.8) is 0 Å². The molecule has 0 aliphatic carbocycles. The van der Waals surface area contributed by atoms with Crippen LogP contribution in [-0.4, -0.2) is 32.2 Å². The van der Waals surface area contributed by atoms with Gasteiger partial charge in [0.1, 0.15) is 6.33 Å². The molecule has 1 heterocycles. The van der Waals surface area contributed by atoms with Crippen molar-refractivity contribution in [1.29, 1.82) is 0 Å². The average Bonchev–Trinajstić information content (AvgIpc) is 3.14. The van der Waals surface area contributed by atoms with Crippen molar-refractivity contribution in [2.45, 2.75) is 31.8 Å². The Balaban J connectivity index is 1.52. The quantitative estimate of drug-likeness (QED) is 0.350. The van der Waals surface area contributed by atoms with Gasteiger partial charge in [-0.3, -0.25) is 14.2 Å². The second-order valence-corrected chi connectivity index (χ2v) is 7.43. The Kier molecular flexibility index (Phi) is 6.60. The topological polar surface area (TPSA) is 76.9 Å². The first-order valence-electron chi connectivity index (χ1n) is 9.05. The zero-order chi connectivity index (χ0) is 19.9. The van der Waals surface area contributed by atoms with Crippen LogP contribution < -0.4 is 5.32 Å². The van der Waals surface area contributed by atoms with Gasteiger partial charge in [-0.2, -0.15) is 0 Å². The van der Waals surface area contributed by atoms with Gasteiger partial charge >= 0.3 is 0 Å². The van der Waals surface area contributed by atoms with E-state index in [4.69, 9.17) is 0 Å². The van der Waals surface area contributed by atoms with Crippen molar-refractivity contribution in [2.75, 3.05) is 11.1 Å². The fourth-order valence-corrected chi connectivity index (χ4v) is 3.69. The smallest absolute Gasteiger partial charge is 0.224 e. The lowest BCUT2D eigenvalue weighted by Gasteiger charge is -2.10. The molecule has 0 aliphatic heterocycles. The number of rotatable bonds is 8. The number of carbonyl (C=O) groups excluding carboxylic acids is 2. The monoisotopic (exact) mass is 394 g/mol. The first kappa shape index (κ1) is 19.8. The SMILES string of the molecule is CC(=O)c1ccccc1NC(=O)CCCSc1nncn1-c1ccccc1C. The lowest BCUT2D eigenvalue weighted by molar-refractivity contribution is -0.116. The van der Waals surface area contributed by atoms with E-state index in [1.54, 1.807) is 42.4 Å². The fraction of sp³-hybridized carbons (Fsp3) is 0.238. The Labute approximate surface area is 168 Å². The number of amides is 1. The molecule has 0 radical (unpaired) electrons. The van der Waals surface area contributed by atoms with Crippen LogP contribution in [0.5, 0.6) is 0 Å². The van der Waals surface area contributed by atoms with Gasteiger partial charge in [0.25, 0.3) is 0 Å². The van der Waals surface area contributed by atoms with Crippen molar-refractivity contribution < 1.29 is 9.59 Å². The van der Waals surface area contributed by atoms with Gasteiger partial charge in [-0.15, -0.1) is 10.2 Å².